The minimum absolute atomic E-state index is 0.0607. The van der Waals surface area contributed by atoms with E-state index in [4.69, 9.17) is 4.74 Å². The molecule has 7 heteroatoms. The number of rotatable bonds is 8. The summed E-state index contributed by atoms with van der Waals surface area (Å²) < 4.78 is 20.1. The van der Waals surface area contributed by atoms with Gasteiger partial charge in [0.2, 0.25) is 11.9 Å². The van der Waals surface area contributed by atoms with Gasteiger partial charge in [0.1, 0.15) is 5.84 Å². The molecule has 0 spiro atoms. The molecule has 6 nitrogen and oxygen atoms in total. The van der Waals surface area contributed by atoms with Crippen LogP contribution in [0.1, 0.15) is 23.6 Å². The van der Waals surface area contributed by atoms with E-state index in [1.165, 1.54) is 0 Å². The van der Waals surface area contributed by atoms with E-state index in [0.29, 0.717) is 43.3 Å². The van der Waals surface area contributed by atoms with Gasteiger partial charge in [-0.2, -0.15) is 4.39 Å². The second-order valence-electron chi connectivity index (χ2n) is 7.63. The van der Waals surface area contributed by atoms with Gasteiger partial charge >= 0.3 is 0 Å². The number of aliphatic imine (C=N–C) groups is 2. The minimum atomic E-state index is -0.589. The van der Waals surface area contributed by atoms with Crippen LogP contribution in [0, 0.1) is 0 Å². The summed E-state index contributed by atoms with van der Waals surface area (Å²) in [5.41, 5.74) is 3.02. The van der Waals surface area contributed by atoms with Gasteiger partial charge in [-0.05, 0) is 30.3 Å². The average molecular weight is 437 g/mol. The molecule has 0 atom stereocenters. The van der Waals surface area contributed by atoms with Crippen molar-refractivity contribution < 1.29 is 13.9 Å². The van der Waals surface area contributed by atoms with E-state index in [9.17, 15) is 9.18 Å². The van der Waals surface area contributed by atoms with Gasteiger partial charge in [0.15, 0.2) is 0 Å². The van der Waals surface area contributed by atoms with Crippen LogP contribution in [0.2, 0.25) is 0 Å². The highest BCUT2D eigenvalue weighted by Gasteiger charge is 2.13. The molecule has 0 unspecified atom stereocenters. The van der Waals surface area contributed by atoms with Gasteiger partial charge in [-0.1, -0.05) is 54.6 Å². The van der Waals surface area contributed by atoms with Crippen LogP contribution in [0.4, 0.5) is 4.39 Å². The minimum Gasteiger partial charge on any atom is -0.379 e. The van der Waals surface area contributed by atoms with Crippen LogP contribution < -0.4 is 5.32 Å². The van der Waals surface area contributed by atoms with Crippen molar-refractivity contribution in [1.82, 2.24) is 10.2 Å². The Labute approximate surface area is 188 Å². The van der Waals surface area contributed by atoms with E-state index >= 15 is 0 Å². The number of amidine groups is 1. The maximum atomic E-state index is 14.7. The molecule has 0 aliphatic carbocycles. The number of benzene rings is 2. The van der Waals surface area contributed by atoms with E-state index in [-0.39, 0.29) is 12.3 Å². The lowest BCUT2D eigenvalue weighted by Crippen LogP contribution is -2.39. The molecule has 2 aromatic rings. The molecular formula is C25H29FN4O2. The Kier molecular flexibility index (Phi) is 8.83. The SMILES string of the molecule is C=N/C(CN1CCOCC1)=N\C(F)=C(/C)c1ccc(CC(=O)NCc2ccccc2)cc1. The second-order valence-corrected chi connectivity index (χ2v) is 7.63. The zero-order valence-electron chi connectivity index (χ0n) is 18.4. The molecule has 1 aliphatic rings. The van der Waals surface area contributed by atoms with Gasteiger partial charge < -0.3 is 10.1 Å². The molecule has 0 aromatic heterocycles. The van der Waals surface area contributed by atoms with Crippen LogP contribution in [-0.2, 0) is 22.5 Å². The van der Waals surface area contributed by atoms with Crippen LogP contribution in [0.25, 0.3) is 5.57 Å². The van der Waals surface area contributed by atoms with Crippen LogP contribution in [0.15, 0.2) is 70.5 Å². The van der Waals surface area contributed by atoms with Gasteiger partial charge in [-0.3, -0.25) is 9.69 Å². The van der Waals surface area contributed by atoms with Crippen molar-refractivity contribution >= 4 is 24.0 Å². The second kappa shape index (κ2) is 12.0. The monoisotopic (exact) mass is 436 g/mol. The molecule has 3 rings (SSSR count). The van der Waals surface area contributed by atoms with Crippen LogP contribution in [-0.4, -0.2) is 56.2 Å². The summed E-state index contributed by atoms with van der Waals surface area (Å²) in [7, 11) is 0. The normalized spacial score (nSPS) is 15.8. The Morgan fingerprint density at radius 3 is 2.44 bits per heavy atom. The molecule has 0 radical (unpaired) electrons. The number of hydrogen-bond acceptors (Lipinski definition) is 4. The predicted molar refractivity (Wildman–Crippen MR) is 126 cm³/mol. The van der Waals surface area contributed by atoms with Gasteiger partial charge in [-0.15, -0.1) is 0 Å². The van der Waals surface area contributed by atoms with Gasteiger partial charge in [0, 0.05) is 25.2 Å². The molecule has 32 heavy (non-hydrogen) atoms. The number of halogens is 1. The summed E-state index contributed by atoms with van der Waals surface area (Å²) in [6, 6.07) is 17.0. The fourth-order valence-corrected chi connectivity index (χ4v) is 3.31. The van der Waals surface area contributed by atoms with E-state index in [0.717, 1.165) is 24.2 Å². The van der Waals surface area contributed by atoms with Crippen molar-refractivity contribution in [1.29, 1.82) is 0 Å². The number of morpholine rings is 1. The smallest absolute Gasteiger partial charge is 0.224 e. The fourth-order valence-electron chi connectivity index (χ4n) is 3.31. The van der Waals surface area contributed by atoms with Gasteiger partial charge in [0.05, 0.1) is 26.2 Å². The molecule has 1 heterocycles. The van der Waals surface area contributed by atoms with Crippen molar-refractivity contribution in [3.63, 3.8) is 0 Å². The number of carbonyl (C=O) groups is 1. The first-order valence-corrected chi connectivity index (χ1v) is 10.7. The summed E-state index contributed by atoms with van der Waals surface area (Å²) >= 11 is 0. The third kappa shape index (κ3) is 7.21. The summed E-state index contributed by atoms with van der Waals surface area (Å²) in [4.78, 5) is 22.2. The highest BCUT2D eigenvalue weighted by atomic mass is 19.1. The Morgan fingerprint density at radius 2 is 1.78 bits per heavy atom. The maximum absolute atomic E-state index is 14.7. The number of amides is 1. The lowest BCUT2D eigenvalue weighted by molar-refractivity contribution is -0.120. The lowest BCUT2D eigenvalue weighted by atomic mass is 10.0. The molecule has 168 valence electrons. The first-order chi connectivity index (χ1) is 15.5. The van der Waals surface area contributed by atoms with E-state index in [1.54, 1.807) is 19.1 Å². The quantitative estimate of drug-likeness (QED) is 0.390. The van der Waals surface area contributed by atoms with Crippen molar-refractivity contribution in [3.8, 4) is 0 Å². The summed E-state index contributed by atoms with van der Waals surface area (Å²) in [5.74, 6) is -0.307. The highest BCUT2D eigenvalue weighted by Crippen LogP contribution is 2.21. The average Bonchev–Trinajstić information content (AvgIpc) is 2.83. The molecule has 0 saturated carbocycles. The molecule has 1 amide bonds. The number of carbonyl (C=O) groups excluding carboxylic acids is 1. The third-order valence-corrected chi connectivity index (χ3v) is 5.27. The summed E-state index contributed by atoms with van der Waals surface area (Å²) in [5, 5.41) is 2.91. The van der Waals surface area contributed by atoms with Crippen molar-refractivity contribution in [2.75, 3.05) is 32.8 Å². The first kappa shape index (κ1) is 23.5. The molecular weight excluding hydrogens is 407 g/mol. The highest BCUT2D eigenvalue weighted by molar-refractivity contribution is 5.89. The first-order valence-electron chi connectivity index (χ1n) is 10.7. The van der Waals surface area contributed by atoms with E-state index in [1.807, 2.05) is 42.5 Å². The number of nitrogens with one attached hydrogen (secondary N) is 1. The Morgan fingerprint density at radius 1 is 1.09 bits per heavy atom. The summed E-state index contributed by atoms with van der Waals surface area (Å²) in [6.45, 7) is 8.95. The Bertz CT molecular complexity index is 965. The van der Waals surface area contributed by atoms with Crippen molar-refractivity contribution in [2.24, 2.45) is 9.98 Å². The van der Waals surface area contributed by atoms with Gasteiger partial charge in [0.25, 0.3) is 0 Å². The zero-order valence-corrected chi connectivity index (χ0v) is 18.4. The molecule has 2 aromatic carbocycles. The molecule has 0 bridgehead atoms. The molecule has 1 fully saturated rings. The van der Waals surface area contributed by atoms with Crippen molar-refractivity contribution in [3.05, 3.63) is 77.2 Å². The van der Waals surface area contributed by atoms with E-state index < -0.39 is 5.95 Å². The maximum Gasteiger partial charge on any atom is 0.224 e. The van der Waals surface area contributed by atoms with Crippen LogP contribution >= 0.6 is 0 Å². The molecule has 1 aliphatic heterocycles. The number of allylic oxidation sites excluding steroid dienone is 1. The zero-order chi connectivity index (χ0) is 22.8. The Hall–Kier alpha value is -3.16. The number of nitrogens with zero attached hydrogens (tertiary/aromatic N) is 3. The number of hydrogen-bond donors (Lipinski definition) is 1. The third-order valence-electron chi connectivity index (χ3n) is 5.27. The van der Waals surface area contributed by atoms with Gasteiger partial charge in [-0.25, -0.2) is 9.98 Å². The number of ether oxygens (including phenoxy) is 1. The largest absolute Gasteiger partial charge is 0.379 e. The topological polar surface area (TPSA) is 66.3 Å². The Balaban J connectivity index is 1.58. The van der Waals surface area contributed by atoms with Crippen molar-refractivity contribution in [2.45, 2.75) is 19.9 Å². The fraction of sp³-hybridized carbons (Fsp3) is 0.320. The van der Waals surface area contributed by atoms with Crippen LogP contribution in [0.5, 0.6) is 0 Å². The summed E-state index contributed by atoms with van der Waals surface area (Å²) in [6.07, 6.45) is 0.264. The standard InChI is InChI=1S/C25H29FN4O2/c1-19(25(26)29-23(27-2)18-30-12-14-32-15-13-30)22-10-8-20(9-11-22)16-24(31)28-17-21-6-4-3-5-7-21/h3-11H,2,12-18H2,1H3,(H,28,31)/b25-19+,29-23-. The van der Waals surface area contributed by atoms with E-state index in [2.05, 4.69) is 26.9 Å². The molecule has 1 N–H and O–H groups in total. The lowest BCUT2D eigenvalue weighted by Gasteiger charge is -2.25. The predicted octanol–water partition coefficient (Wildman–Crippen LogP) is 3.63. The van der Waals surface area contributed by atoms with Crippen LogP contribution in [0.3, 0.4) is 0 Å². The molecule has 1 saturated heterocycles.